The lowest BCUT2D eigenvalue weighted by Crippen LogP contribution is -2.24. The lowest BCUT2D eigenvalue weighted by molar-refractivity contribution is 0.813. The van der Waals surface area contributed by atoms with Gasteiger partial charge in [-0.25, -0.2) is 0 Å². The van der Waals surface area contributed by atoms with Crippen LogP contribution in [0, 0.1) is 25.7 Å². The first-order valence-corrected chi connectivity index (χ1v) is 12.8. The standard InChI is InChI=1S/C33H32N4/c1-22-3-11-26(12-4-22)36(27-13-5-23(2)6-14-27)32-19-20-33(31-21-30(31)32)37(28-15-7-24(34)8-16-28)29-17-9-25(35)10-18-29/h3-20,30-31H,21,34-35H2,1-2H3. The number of aryl methyl sites for hydroxylation is 2. The zero-order valence-corrected chi connectivity index (χ0v) is 21.3. The maximum absolute atomic E-state index is 6.02. The van der Waals surface area contributed by atoms with Crippen molar-refractivity contribution in [1.82, 2.24) is 0 Å². The maximum atomic E-state index is 6.02. The van der Waals surface area contributed by atoms with Gasteiger partial charge in [-0.1, -0.05) is 35.4 Å². The van der Waals surface area contributed by atoms with Gasteiger partial charge in [0.25, 0.3) is 0 Å². The molecule has 0 amide bonds. The number of rotatable bonds is 6. The molecule has 1 saturated carbocycles. The van der Waals surface area contributed by atoms with Crippen LogP contribution in [0.5, 0.6) is 0 Å². The normalized spacial score (nSPS) is 17.9. The Labute approximate surface area is 219 Å². The SMILES string of the molecule is Cc1ccc(N(C2=CC=C(N(c3ccc(N)cc3)c3ccc(N)cc3)C3CC23)c2ccc(C)cc2)cc1. The predicted octanol–water partition coefficient (Wildman–Crippen LogP) is 7.86. The highest BCUT2D eigenvalue weighted by atomic mass is 15.2. The summed E-state index contributed by atoms with van der Waals surface area (Å²) in [6.07, 6.45) is 5.72. The predicted molar refractivity (Wildman–Crippen MR) is 156 cm³/mol. The maximum Gasteiger partial charge on any atom is 0.0460 e. The van der Waals surface area contributed by atoms with Crippen LogP contribution in [0.4, 0.5) is 34.1 Å². The molecule has 1 fully saturated rings. The average Bonchev–Trinajstić information content (AvgIpc) is 3.71. The summed E-state index contributed by atoms with van der Waals surface area (Å²) in [5, 5.41) is 0. The van der Waals surface area contributed by atoms with E-state index in [2.05, 4.69) is 109 Å². The van der Waals surface area contributed by atoms with E-state index in [9.17, 15) is 0 Å². The van der Waals surface area contributed by atoms with Crippen molar-refractivity contribution in [2.24, 2.45) is 11.8 Å². The first kappa shape index (κ1) is 23.0. The number of fused-ring (bicyclic) bond motifs is 1. The van der Waals surface area contributed by atoms with E-state index in [-0.39, 0.29) is 0 Å². The monoisotopic (exact) mass is 484 g/mol. The van der Waals surface area contributed by atoms with Crippen LogP contribution in [0.1, 0.15) is 17.5 Å². The van der Waals surface area contributed by atoms with Crippen LogP contribution in [0.3, 0.4) is 0 Å². The molecule has 37 heavy (non-hydrogen) atoms. The number of nitrogens with zero attached hydrogens (tertiary/aromatic N) is 2. The van der Waals surface area contributed by atoms with Gasteiger partial charge in [-0.05, 0) is 105 Å². The van der Waals surface area contributed by atoms with Gasteiger partial charge in [-0.2, -0.15) is 0 Å². The molecule has 0 radical (unpaired) electrons. The van der Waals surface area contributed by atoms with Crippen LogP contribution in [0.2, 0.25) is 0 Å². The van der Waals surface area contributed by atoms with Gasteiger partial charge in [0, 0.05) is 57.4 Å². The van der Waals surface area contributed by atoms with Crippen molar-refractivity contribution >= 4 is 34.1 Å². The second-order valence-corrected chi connectivity index (χ2v) is 10.2. The molecule has 6 rings (SSSR count). The van der Waals surface area contributed by atoms with Crippen LogP contribution >= 0.6 is 0 Å². The van der Waals surface area contributed by atoms with Crippen molar-refractivity contribution in [3.63, 3.8) is 0 Å². The molecular formula is C33H32N4. The Hall–Kier alpha value is -4.44. The molecule has 2 atom stereocenters. The summed E-state index contributed by atoms with van der Waals surface area (Å²) < 4.78 is 0. The molecule has 4 heteroatoms. The van der Waals surface area contributed by atoms with Gasteiger partial charge in [-0.3, -0.25) is 0 Å². The van der Waals surface area contributed by atoms with Crippen LogP contribution in [-0.2, 0) is 0 Å². The summed E-state index contributed by atoms with van der Waals surface area (Å²) in [7, 11) is 0. The highest BCUT2D eigenvalue weighted by Gasteiger charge is 2.48. The average molecular weight is 485 g/mol. The minimum atomic E-state index is 0.438. The number of benzene rings is 4. The minimum Gasteiger partial charge on any atom is -0.399 e. The highest BCUT2D eigenvalue weighted by molar-refractivity contribution is 5.75. The van der Waals surface area contributed by atoms with E-state index in [0.717, 1.165) is 29.2 Å². The molecule has 0 bridgehead atoms. The number of allylic oxidation sites excluding steroid dienone is 4. The molecule has 2 aliphatic rings. The van der Waals surface area contributed by atoms with Gasteiger partial charge >= 0.3 is 0 Å². The Morgan fingerprint density at radius 3 is 1.11 bits per heavy atom. The van der Waals surface area contributed by atoms with Crippen LogP contribution in [-0.4, -0.2) is 0 Å². The summed E-state index contributed by atoms with van der Waals surface area (Å²) in [5.74, 6) is 0.890. The fraction of sp³-hybridized carbons (Fsp3) is 0.152. The smallest absolute Gasteiger partial charge is 0.0460 e. The van der Waals surface area contributed by atoms with Crippen LogP contribution in [0.25, 0.3) is 0 Å². The van der Waals surface area contributed by atoms with E-state index in [1.807, 2.05) is 24.3 Å². The summed E-state index contributed by atoms with van der Waals surface area (Å²) in [4.78, 5) is 4.77. The Bertz CT molecular complexity index is 1260. The molecule has 4 N–H and O–H groups in total. The zero-order valence-electron chi connectivity index (χ0n) is 21.3. The van der Waals surface area contributed by atoms with E-state index < -0.39 is 0 Å². The molecule has 2 aliphatic carbocycles. The minimum absolute atomic E-state index is 0.438. The third-order valence-corrected chi connectivity index (χ3v) is 7.38. The van der Waals surface area contributed by atoms with Crippen molar-refractivity contribution in [2.75, 3.05) is 21.3 Å². The van der Waals surface area contributed by atoms with Gasteiger partial charge in [0.05, 0.1) is 0 Å². The van der Waals surface area contributed by atoms with Crippen molar-refractivity contribution < 1.29 is 0 Å². The number of nitrogens with two attached hydrogens (primary N) is 2. The topological polar surface area (TPSA) is 58.5 Å². The summed E-state index contributed by atoms with van der Waals surface area (Å²) in [5.41, 5.74) is 23.3. The number of hydrogen-bond donors (Lipinski definition) is 2. The molecule has 184 valence electrons. The lowest BCUT2D eigenvalue weighted by atomic mass is 10.0. The Morgan fingerprint density at radius 2 is 0.784 bits per heavy atom. The largest absolute Gasteiger partial charge is 0.399 e. The number of nitrogen functional groups attached to an aromatic ring is 2. The molecule has 0 saturated heterocycles. The first-order valence-electron chi connectivity index (χ1n) is 12.8. The van der Waals surface area contributed by atoms with Crippen molar-refractivity contribution in [3.05, 3.63) is 132 Å². The van der Waals surface area contributed by atoms with Gasteiger partial charge < -0.3 is 21.3 Å². The van der Waals surface area contributed by atoms with E-state index in [0.29, 0.717) is 11.8 Å². The van der Waals surface area contributed by atoms with E-state index >= 15 is 0 Å². The fourth-order valence-corrected chi connectivity index (χ4v) is 5.28. The second kappa shape index (κ2) is 9.21. The van der Waals surface area contributed by atoms with Crippen molar-refractivity contribution in [2.45, 2.75) is 20.3 Å². The van der Waals surface area contributed by atoms with E-state index in [1.54, 1.807) is 0 Å². The third-order valence-electron chi connectivity index (χ3n) is 7.38. The van der Waals surface area contributed by atoms with Gasteiger partial charge in [-0.15, -0.1) is 0 Å². The van der Waals surface area contributed by atoms with Crippen molar-refractivity contribution in [1.29, 1.82) is 0 Å². The van der Waals surface area contributed by atoms with Crippen LogP contribution in [0.15, 0.2) is 121 Å². The molecule has 4 nitrogen and oxygen atoms in total. The second-order valence-electron chi connectivity index (χ2n) is 10.2. The Kier molecular flexibility index (Phi) is 5.72. The Morgan fingerprint density at radius 1 is 0.486 bits per heavy atom. The highest BCUT2D eigenvalue weighted by Crippen LogP contribution is 2.56. The molecule has 0 spiro atoms. The van der Waals surface area contributed by atoms with E-state index in [4.69, 9.17) is 11.5 Å². The Balaban J connectivity index is 1.44. The molecule has 0 heterocycles. The van der Waals surface area contributed by atoms with E-state index in [1.165, 1.54) is 33.9 Å². The van der Waals surface area contributed by atoms with Crippen molar-refractivity contribution in [3.8, 4) is 0 Å². The summed E-state index contributed by atoms with van der Waals surface area (Å²) in [6, 6.07) is 33.9. The number of anilines is 6. The van der Waals surface area contributed by atoms with Gasteiger partial charge in [0.2, 0.25) is 0 Å². The molecule has 0 aromatic heterocycles. The quantitative estimate of drug-likeness (QED) is 0.274. The molecule has 4 aromatic carbocycles. The van der Waals surface area contributed by atoms with Gasteiger partial charge in [0.1, 0.15) is 0 Å². The molecular weight excluding hydrogens is 452 g/mol. The summed E-state index contributed by atoms with van der Waals surface area (Å²) in [6.45, 7) is 4.27. The number of hydrogen-bond acceptors (Lipinski definition) is 4. The van der Waals surface area contributed by atoms with Gasteiger partial charge in [0.15, 0.2) is 0 Å². The fourth-order valence-electron chi connectivity index (χ4n) is 5.28. The molecule has 2 unspecified atom stereocenters. The molecule has 4 aromatic rings. The lowest BCUT2D eigenvalue weighted by Gasteiger charge is -2.33. The third kappa shape index (κ3) is 4.47. The first-order chi connectivity index (χ1) is 18.0. The van der Waals surface area contributed by atoms with Crippen LogP contribution < -0.4 is 21.3 Å². The summed E-state index contributed by atoms with van der Waals surface area (Å²) >= 11 is 0. The zero-order chi connectivity index (χ0) is 25.5. The molecule has 0 aliphatic heterocycles.